The van der Waals surface area contributed by atoms with Crippen molar-refractivity contribution >= 4 is 5.91 Å². The van der Waals surface area contributed by atoms with E-state index in [1.807, 2.05) is 19.1 Å². The van der Waals surface area contributed by atoms with Crippen LogP contribution in [0.4, 0.5) is 0 Å². The molecule has 0 spiro atoms. The Morgan fingerprint density at radius 1 is 1.60 bits per heavy atom. The minimum Gasteiger partial charge on any atom is -0.382 e. The van der Waals surface area contributed by atoms with Crippen molar-refractivity contribution in [3.05, 3.63) is 30.1 Å². The molecule has 5 heteroatoms. The zero-order chi connectivity index (χ0) is 11.3. The van der Waals surface area contributed by atoms with Gasteiger partial charge < -0.3 is 16.2 Å². The Labute approximate surface area is 88.3 Å². The molecule has 0 saturated heterocycles. The third-order valence-corrected chi connectivity index (χ3v) is 2.15. The fourth-order valence-corrected chi connectivity index (χ4v) is 1.16. The summed E-state index contributed by atoms with van der Waals surface area (Å²) in [6.45, 7) is 2.09. The number of carbonyl (C=O) groups excluding carboxylic acids is 1. The summed E-state index contributed by atoms with van der Waals surface area (Å²) >= 11 is 0. The van der Waals surface area contributed by atoms with Gasteiger partial charge in [-0.25, -0.2) is 0 Å². The highest BCUT2D eigenvalue weighted by molar-refractivity contribution is 5.78. The summed E-state index contributed by atoms with van der Waals surface area (Å²) in [5.41, 5.74) is 5.97. The quantitative estimate of drug-likeness (QED) is 0.614. The van der Waals surface area contributed by atoms with Gasteiger partial charge in [-0.2, -0.15) is 0 Å². The van der Waals surface area contributed by atoms with Crippen molar-refractivity contribution in [3.8, 4) is 0 Å². The van der Waals surface area contributed by atoms with Crippen molar-refractivity contribution in [1.82, 2.24) is 10.3 Å². The Morgan fingerprint density at radius 3 is 2.73 bits per heavy atom. The van der Waals surface area contributed by atoms with E-state index in [9.17, 15) is 9.90 Å². The predicted molar refractivity (Wildman–Crippen MR) is 55.9 cm³/mol. The van der Waals surface area contributed by atoms with E-state index < -0.39 is 12.0 Å². The van der Waals surface area contributed by atoms with Crippen LogP contribution in [0.1, 0.15) is 18.5 Å². The summed E-state index contributed by atoms with van der Waals surface area (Å²) in [6, 6.07) is 3.78. The lowest BCUT2D eigenvalue weighted by molar-refractivity contribution is -0.125. The fourth-order valence-electron chi connectivity index (χ4n) is 1.16. The third kappa shape index (κ3) is 3.65. The molecular formula is C10H15N3O2. The molecule has 5 nitrogen and oxygen atoms in total. The van der Waals surface area contributed by atoms with E-state index >= 15 is 0 Å². The number of aliphatic hydroxyl groups is 1. The number of aliphatic hydroxyl groups excluding tert-OH is 1. The number of carbonyl (C=O) groups is 1. The van der Waals surface area contributed by atoms with Gasteiger partial charge in [0.05, 0.1) is 0 Å². The molecule has 1 aromatic rings. The molecule has 2 unspecified atom stereocenters. The van der Waals surface area contributed by atoms with Gasteiger partial charge in [-0.1, -0.05) is 0 Å². The fraction of sp³-hybridized carbons (Fsp3) is 0.400. The van der Waals surface area contributed by atoms with Gasteiger partial charge in [0.25, 0.3) is 0 Å². The van der Waals surface area contributed by atoms with Crippen LogP contribution in [0.15, 0.2) is 24.5 Å². The number of nitrogens with zero attached hydrogens (tertiary/aromatic N) is 1. The lowest BCUT2D eigenvalue weighted by Crippen LogP contribution is -2.38. The molecule has 0 aliphatic heterocycles. The number of hydrogen-bond donors (Lipinski definition) is 3. The molecule has 1 rings (SSSR count). The summed E-state index contributed by atoms with van der Waals surface area (Å²) in [5.74, 6) is -0.718. The van der Waals surface area contributed by atoms with Crippen LogP contribution in [0.25, 0.3) is 0 Å². The van der Waals surface area contributed by atoms with Crippen LogP contribution in [0.5, 0.6) is 0 Å². The van der Waals surface area contributed by atoms with Crippen molar-refractivity contribution in [1.29, 1.82) is 0 Å². The molecular weight excluding hydrogens is 194 g/mol. The molecule has 82 valence electrons. The number of primary amides is 1. The zero-order valence-electron chi connectivity index (χ0n) is 8.55. The van der Waals surface area contributed by atoms with E-state index in [2.05, 4.69) is 10.3 Å². The molecule has 0 saturated carbocycles. The molecule has 0 aliphatic rings. The first-order chi connectivity index (χ1) is 7.11. The number of pyridine rings is 1. The number of amides is 1. The number of nitrogens with two attached hydrogens (primary N) is 1. The second-order valence-electron chi connectivity index (χ2n) is 3.33. The van der Waals surface area contributed by atoms with Gasteiger partial charge in [0.15, 0.2) is 0 Å². The molecule has 15 heavy (non-hydrogen) atoms. The SMILES string of the molecule is CC(NCC(O)C(N)=O)c1ccncc1. The molecule has 0 fully saturated rings. The van der Waals surface area contributed by atoms with Gasteiger partial charge in [0.2, 0.25) is 5.91 Å². The summed E-state index contributed by atoms with van der Waals surface area (Å²) in [7, 11) is 0. The molecule has 0 aliphatic carbocycles. The summed E-state index contributed by atoms with van der Waals surface area (Å²) in [5, 5.41) is 12.2. The van der Waals surface area contributed by atoms with Crippen LogP contribution >= 0.6 is 0 Å². The lowest BCUT2D eigenvalue weighted by atomic mass is 10.1. The van der Waals surface area contributed by atoms with Crippen LogP contribution in [0.2, 0.25) is 0 Å². The van der Waals surface area contributed by atoms with Crippen molar-refractivity contribution in [2.24, 2.45) is 5.73 Å². The van der Waals surface area contributed by atoms with E-state index in [0.717, 1.165) is 5.56 Å². The molecule has 0 radical (unpaired) electrons. The first-order valence-corrected chi connectivity index (χ1v) is 4.72. The Balaban J connectivity index is 2.43. The smallest absolute Gasteiger partial charge is 0.247 e. The highest BCUT2D eigenvalue weighted by atomic mass is 16.3. The van der Waals surface area contributed by atoms with Crippen molar-refractivity contribution in [2.45, 2.75) is 19.1 Å². The van der Waals surface area contributed by atoms with E-state index in [4.69, 9.17) is 5.73 Å². The molecule has 1 aromatic heterocycles. The first kappa shape index (κ1) is 11.6. The standard InChI is InChI=1S/C10H15N3O2/c1-7(8-2-4-12-5-3-8)13-6-9(14)10(11)15/h2-5,7,9,13-14H,6H2,1H3,(H2,11,15). The Bertz CT molecular complexity index is 316. The molecule has 1 amide bonds. The molecule has 0 bridgehead atoms. The monoisotopic (exact) mass is 209 g/mol. The highest BCUT2D eigenvalue weighted by Gasteiger charge is 2.12. The van der Waals surface area contributed by atoms with Gasteiger partial charge >= 0.3 is 0 Å². The number of nitrogens with one attached hydrogen (secondary N) is 1. The predicted octanol–water partition coefficient (Wildman–Crippen LogP) is -0.422. The van der Waals surface area contributed by atoms with Gasteiger partial charge in [0.1, 0.15) is 6.10 Å². The van der Waals surface area contributed by atoms with Crippen LogP contribution in [0, 0.1) is 0 Å². The second-order valence-corrected chi connectivity index (χ2v) is 3.33. The minimum atomic E-state index is -1.14. The maximum absolute atomic E-state index is 10.6. The maximum atomic E-state index is 10.6. The highest BCUT2D eigenvalue weighted by Crippen LogP contribution is 2.09. The lowest BCUT2D eigenvalue weighted by Gasteiger charge is -2.15. The molecule has 2 atom stereocenters. The average molecular weight is 209 g/mol. The molecule has 4 N–H and O–H groups in total. The molecule has 1 heterocycles. The summed E-state index contributed by atoms with van der Waals surface area (Å²) in [4.78, 5) is 14.5. The number of rotatable bonds is 5. The van der Waals surface area contributed by atoms with Crippen molar-refractivity contribution < 1.29 is 9.90 Å². The summed E-state index contributed by atoms with van der Waals surface area (Å²) < 4.78 is 0. The van der Waals surface area contributed by atoms with E-state index in [-0.39, 0.29) is 12.6 Å². The van der Waals surface area contributed by atoms with Gasteiger partial charge in [0, 0.05) is 25.0 Å². The van der Waals surface area contributed by atoms with E-state index in [0.29, 0.717) is 0 Å². The van der Waals surface area contributed by atoms with E-state index in [1.54, 1.807) is 12.4 Å². The van der Waals surface area contributed by atoms with Gasteiger partial charge in [-0.3, -0.25) is 9.78 Å². The Kier molecular flexibility index (Phi) is 4.20. The largest absolute Gasteiger partial charge is 0.382 e. The summed E-state index contributed by atoms with van der Waals surface area (Å²) in [6.07, 6.45) is 2.24. The van der Waals surface area contributed by atoms with Crippen LogP contribution in [-0.4, -0.2) is 28.6 Å². The van der Waals surface area contributed by atoms with Gasteiger partial charge in [-0.15, -0.1) is 0 Å². The Hall–Kier alpha value is -1.46. The topological polar surface area (TPSA) is 88.2 Å². The van der Waals surface area contributed by atoms with Crippen molar-refractivity contribution in [3.63, 3.8) is 0 Å². The number of aromatic nitrogens is 1. The van der Waals surface area contributed by atoms with Crippen LogP contribution in [0.3, 0.4) is 0 Å². The zero-order valence-corrected chi connectivity index (χ0v) is 8.55. The van der Waals surface area contributed by atoms with Crippen LogP contribution < -0.4 is 11.1 Å². The Morgan fingerprint density at radius 2 is 2.20 bits per heavy atom. The average Bonchev–Trinajstić information content (AvgIpc) is 2.26. The van der Waals surface area contributed by atoms with Crippen molar-refractivity contribution in [2.75, 3.05) is 6.54 Å². The number of hydrogen-bond acceptors (Lipinski definition) is 4. The van der Waals surface area contributed by atoms with Gasteiger partial charge in [-0.05, 0) is 24.6 Å². The van der Waals surface area contributed by atoms with E-state index in [1.165, 1.54) is 0 Å². The second kappa shape index (κ2) is 5.43. The maximum Gasteiger partial charge on any atom is 0.247 e. The van der Waals surface area contributed by atoms with Crippen LogP contribution in [-0.2, 0) is 4.79 Å². The first-order valence-electron chi connectivity index (χ1n) is 4.72. The third-order valence-electron chi connectivity index (χ3n) is 2.15. The minimum absolute atomic E-state index is 0.0435. The molecule has 0 aromatic carbocycles. The normalized spacial score (nSPS) is 14.5.